The van der Waals surface area contributed by atoms with Crippen molar-refractivity contribution in [2.45, 2.75) is 6.54 Å². The molecule has 9 heteroatoms. The molecule has 1 aliphatic rings. The van der Waals surface area contributed by atoms with Crippen molar-refractivity contribution in [2.75, 3.05) is 26.2 Å². The highest BCUT2D eigenvalue weighted by molar-refractivity contribution is 7.12. The van der Waals surface area contributed by atoms with Gasteiger partial charge in [-0.05, 0) is 17.5 Å². The predicted molar refractivity (Wildman–Crippen MR) is 97.1 cm³/mol. The lowest BCUT2D eigenvalue weighted by atomic mass is 10.1. The van der Waals surface area contributed by atoms with Gasteiger partial charge in [-0.1, -0.05) is 12.1 Å². The summed E-state index contributed by atoms with van der Waals surface area (Å²) < 4.78 is 0. The number of carbonyl (C=O) groups is 2. The second kappa shape index (κ2) is 7.63. The molecule has 2 amide bonds. The van der Waals surface area contributed by atoms with Gasteiger partial charge in [-0.2, -0.15) is 0 Å². The Morgan fingerprint density at radius 2 is 1.92 bits per heavy atom. The molecule has 2 N–H and O–H groups in total. The summed E-state index contributed by atoms with van der Waals surface area (Å²) in [6, 6.07) is 7.95. The van der Waals surface area contributed by atoms with Gasteiger partial charge in [0.2, 0.25) is 5.91 Å². The van der Waals surface area contributed by atoms with E-state index >= 15 is 0 Å². The average molecular weight is 374 g/mol. The summed E-state index contributed by atoms with van der Waals surface area (Å²) in [7, 11) is 0. The lowest BCUT2D eigenvalue weighted by Gasteiger charge is -2.34. The zero-order valence-electron chi connectivity index (χ0n) is 14.0. The third kappa shape index (κ3) is 3.89. The molecule has 1 fully saturated rings. The summed E-state index contributed by atoms with van der Waals surface area (Å²) in [5, 5.41) is 13.2. The average Bonchev–Trinajstić information content (AvgIpc) is 3.16. The third-order valence-electron chi connectivity index (χ3n) is 4.35. The van der Waals surface area contributed by atoms with Crippen LogP contribution in [0, 0.1) is 10.1 Å². The SMILES string of the molecule is NC(=O)c1ccc(CN2CCN(C(=O)c3cccs3)CC2)c([N+](=O)[O-])c1. The highest BCUT2D eigenvalue weighted by Gasteiger charge is 2.25. The van der Waals surface area contributed by atoms with Gasteiger partial charge >= 0.3 is 0 Å². The quantitative estimate of drug-likeness (QED) is 0.633. The number of piperazine rings is 1. The van der Waals surface area contributed by atoms with Crippen molar-refractivity contribution >= 4 is 28.8 Å². The Morgan fingerprint density at radius 1 is 1.19 bits per heavy atom. The number of nitro groups is 1. The molecule has 136 valence electrons. The molecule has 3 rings (SSSR count). The van der Waals surface area contributed by atoms with E-state index < -0.39 is 10.8 Å². The monoisotopic (exact) mass is 374 g/mol. The second-order valence-electron chi connectivity index (χ2n) is 6.01. The summed E-state index contributed by atoms with van der Waals surface area (Å²) in [6.45, 7) is 2.79. The van der Waals surface area contributed by atoms with Crippen LogP contribution in [-0.2, 0) is 6.54 Å². The Labute approximate surface area is 154 Å². The standard InChI is InChI=1S/C17H18N4O4S/c18-16(22)12-3-4-13(14(10-12)21(24)25)11-19-5-7-20(8-6-19)17(23)15-2-1-9-26-15/h1-4,9-10H,5-8,11H2,(H2,18,22). The Morgan fingerprint density at radius 3 is 2.50 bits per heavy atom. The predicted octanol–water partition coefficient (Wildman–Crippen LogP) is 1.71. The number of primary amides is 1. The zero-order chi connectivity index (χ0) is 18.7. The summed E-state index contributed by atoms with van der Waals surface area (Å²) >= 11 is 1.42. The van der Waals surface area contributed by atoms with Gasteiger partial charge in [0.15, 0.2) is 0 Å². The summed E-state index contributed by atoms with van der Waals surface area (Å²) in [4.78, 5) is 39.0. The van der Waals surface area contributed by atoms with Gasteiger partial charge in [0.05, 0.1) is 9.80 Å². The molecule has 0 saturated carbocycles. The fourth-order valence-electron chi connectivity index (χ4n) is 2.93. The first-order valence-electron chi connectivity index (χ1n) is 8.08. The fraction of sp³-hybridized carbons (Fsp3) is 0.294. The van der Waals surface area contributed by atoms with Gasteiger partial charge < -0.3 is 10.6 Å². The number of nitrogens with two attached hydrogens (primary N) is 1. The van der Waals surface area contributed by atoms with E-state index in [-0.39, 0.29) is 17.2 Å². The number of thiophene rings is 1. The fourth-order valence-corrected chi connectivity index (χ4v) is 3.62. The lowest BCUT2D eigenvalue weighted by molar-refractivity contribution is -0.385. The molecule has 0 radical (unpaired) electrons. The number of nitrogens with zero attached hydrogens (tertiary/aromatic N) is 3. The molecule has 1 aromatic carbocycles. The molecule has 0 bridgehead atoms. The maximum absolute atomic E-state index is 12.4. The molecule has 0 spiro atoms. The Hall–Kier alpha value is -2.78. The van der Waals surface area contributed by atoms with E-state index in [4.69, 9.17) is 5.73 Å². The van der Waals surface area contributed by atoms with Gasteiger partial charge in [-0.25, -0.2) is 0 Å². The van der Waals surface area contributed by atoms with E-state index in [9.17, 15) is 19.7 Å². The van der Waals surface area contributed by atoms with Gasteiger partial charge in [-0.15, -0.1) is 11.3 Å². The Balaban J connectivity index is 1.65. The largest absolute Gasteiger partial charge is 0.366 e. The van der Waals surface area contributed by atoms with Crippen molar-refractivity contribution in [3.63, 3.8) is 0 Å². The van der Waals surface area contributed by atoms with Crippen LogP contribution >= 0.6 is 11.3 Å². The molecule has 1 aliphatic heterocycles. The smallest absolute Gasteiger partial charge is 0.274 e. The molecule has 0 atom stereocenters. The molecule has 26 heavy (non-hydrogen) atoms. The van der Waals surface area contributed by atoms with Crippen molar-refractivity contribution in [1.82, 2.24) is 9.80 Å². The van der Waals surface area contributed by atoms with Crippen LogP contribution in [-0.4, -0.2) is 52.7 Å². The number of hydrogen-bond acceptors (Lipinski definition) is 6. The molecule has 8 nitrogen and oxygen atoms in total. The normalized spacial score (nSPS) is 15.0. The summed E-state index contributed by atoms with van der Waals surface area (Å²) in [5.74, 6) is -0.670. The first-order valence-corrected chi connectivity index (χ1v) is 8.96. The van der Waals surface area contributed by atoms with Gasteiger partial charge in [-0.3, -0.25) is 24.6 Å². The highest BCUT2D eigenvalue weighted by atomic mass is 32.1. The van der Waals surface area contributed by atoms with E-state index in [2.05, 4.69) is 4.90 Å². The first-order chi connectivity index (χ1) is 12.5. The maximum atomic E-state index is 12.4. The minimum absolute atomic E-state index is 0.0245. The van der Waals surface area contributed by atoms with Crippen LogP contribution in [0.5, 0.6) is 0 Å². The first kappa shape index (κ1) is 18.0. The van der Waals surface area contributed by atoms with E-state index in [1.54, 1.807) is 11.0 Å². The number of hydrogen-bond donors (Lipinski definition) is 1. The third-order valence-corrected chi connectivity index (χ3v) is 5.21. The van der Waals surface area contributed by atoms with Crippen LogP contribution in [0.3, 0.4) is 0 Å². The van der Waals surface area contributed by atoms with Crippen LogP contribution in [0.15, 0.2) is 35.7 Å². The van der Waals surface area contributed by atoms with Crippen molar-refractivity contribution in [2.24, 2.45) is 5.73 Å². The summed E-state index contributed by atoms with van der Waals surface area (Å²) in [6.07, 6.45) is 0. The summed E-state index contributed by atoms with van der Waals surface area (Å²) in [5.41, 5.74) is 5.72. The van der Waals surface area contributed by atoms with E-state index in [1.807, 2.05) is 17.5 Å². The van der Waals surface area contributed by atoms with Crippen LogP contribution in [0.2, 0.25) is 0 Å². The van der Waals surface area contributed by atoms with Crippen LogP contribution in [0.25, 0.3) is 0 Å². The molecule has 0 aliphatic carbocycles. The van der Waals surface area contributed by atoms with Gasteiger partial charge in [0.25, 0.3) is 11.6 Å². The van der Waals surface area contributed by atoms with Crippen LogP contribution < -0.4 is 5.73 Å². The topological polar surface area (TPSA) is 110 Å². The molecule has 2 heterocycles. The number of carbonyl (C=O) groups excluding carboxylic acids is 2. The Kier molecular flexibility index (Phi) is 5.29. The zero-order valence-corrected chi connectivity index (χ0v) is 14.8. The molecule has 1 saturated heterocycles. The van der Waals surface area contributed by atoms with Crippen molar-refractivity contribution in [1.29, 1.82) is 0 Å². The van der Waals surface area contributed by atoms with E-state index in [1.165, 1.54) is 23.5 Å². The van der Waals surface area contributed by atoms with E-state index in [0.29, 0.717) is 38.3 Å². The maximum Gasteiger partial charge on any atom is 0.274 e. The van der Waals surface area contributed by atoms with Gasteiger partial charge in [0, 0.05) is 49.9 Å². The number of nitro benzene ring substituents is 1. The van der Waals surface area contributed by atoms with Crippen LogP contribution in [0.4, 0.5) is 5.69 Å². The molecule has 2 aromatic rings. The van der Waals surface area contributed by atoms with Crippen LogP contribution in [0.1, 0.15) is 25.6 Å². The molecular weight excluding hydrogens is 356 g/mol. The number of amides is 2. The molecule has 0 unspecified atom stereocenters. The highest BCUT2D eigenvalue weighted by Crippen LogP contribution is 2.23. The second-order valence-corrected chi connectivity index (χ2v) is 6.96. The molecule has 1 aromatic heterocycles. The van der Waals surface area contributed by atoms with Crippen molar-refractivity contribution in [3.05, 3.63) is 61.8 Å². The van der Waals surface area contributed by atoms with Crippen molar-refractivity contribution in [3.8, 4) is 0 Å². The minimum atomic E-state index is -0.694. The lowest BCUT2D eigenvalue weighted by Crippen LogP contribution is -2.48. The Bertz CT molecular complexity index is 829. The van der Waals surface area contributed by atoms with E-state index in [0.717, 1.165) is 4.88 Å². The number of rotatable bonds is 5. The molecular formula is C17H18N4O4S. The number of benzene rings is 1. The minimum Gasteiger partial charge on any atom is -0.366 e. The van der Waals surface area contributed by atoms with Gasteiger partial charge in [0.1, 0.15) is 0 Å². The van der Waals surface area contributed by atoms with Crippen molar-refractivity contribution < 1.29 is 14.5 Å².